The van der Waals surface area contributed by atoms with Crippen LogP contribution in [0.2, 0.25) is 0 Å². The Morgan fingerprint density at radius 3 is 2.45 bits per heavy atom. The highest BCUT2D eigenvalue weighted by Crippen LogP contribution is 2.41. The van der Waals surface area contributed by atoms with Crippen molar-refractivity contribution >= 4 is 23.5 Å². The second kappa shape index (κ2) is 8.27. The molecule has 2 aliphatic heterocycles. The number of amides is 4. The lowest BCUT2D eigenvalue weighted by Crippen LogP contribution is -2.45. The summed E-state index contributed by atoms with van der Waals surface area (Å²) in [6, 6.07) is 10.0. The molecular weight excluding hydrogens is 437 g/mol. The quantitative estimate of drug-likeness (QED) is 0.737. The van der Waals surface area contributed by atoms with E-state index < -0.39 is 35.6 Å². The van der Waals surface area contributed by atoms with E-state index in [1.54, 1.807) is 12.1 Å². The molecular formula is C23H21F3N4O3. The molecule has 4 rings (SSSR count). The zero-order valence-corrected chi connectivity index (χ0v) is 17.9. The highest BCUT2D eigenvalue weighted by Gasteiger charge is 2.46. The molecule has 2 N–H and O–H groups in total. The molecule has 2 aromatic rings. The van der Waals surface area contributed by atoms with Gasteiger partial charge in [-0.15, -0.1) is 0 Å². The van der Waals surface area contributed by atoms with Crippen molar-refractivity contribution in [2.75, 3.05) is 25.5 Å². The third-order valence-corrected chi connectivity index (χ3v) is 5.68. The van der Waals surface area contributed by atoms with Crippen LogP contribution < -0.4 is 10.6 Å². The summed E-state index contributed by atoms with van der Waals surface area (Å²) in [6.45, 7) is 1.53. The maximum atomic E-state index is 13.6. The van der Waals surface area contributed by atoms with Crippen LogP contribution in [0.15, 0.2) is 59.8 Å². The highest BCUT2D eigenvalue weighted by atomic mass is 19.4. The van der Waals surface area contributed by atoms with Gasteiger partial charge in [-0.05, 0) is 30.7 Å². The Hall–Kier alpha value is -3.82. The summed E-state index contributed by atoms with van der Waals surface area (Å²) < 4.78 is 40.8. The number of likely N-dealkylation sites (N-methyl/N-ethyl adjacent to an activating group) is 1. The molecule has 2 aliphatic rings. The molecule has 0 saturated carbocycles. The Labute approximate surface area is 187 Å². The van der Waals surface area contributed by atoms with Crippen LogP contribution in [0.5, 0.6) is 0 Å². The summed E-state index contributed by atoms with van der Waals surface area (Å²) in [5.74, 6) is -1.06. The molecule has 0 fully saturated rings. The van der Waals surface area contributed by atoms with Crippen LogP contribution >= 0.6 is 0 Å². The van der Waals surface area contributed by atoms with Crippen LogP contribution in [-0.2, 0) is 15.8 Å². The van der Waals surface area contributed by atoms with E-state index in [0.717, 1.165) is 11.6 Å². The number of urea groups is 1. The fraction of sp³-hybridized carbons (Fsp3) is 0.261. The third kappa shape index (κ3) is 4.28. The van der Waals surface area contributed by atoms with E-state index in [9.17, 15) is 27.6 Å². The van der Waals surface area contributed by atoms with E-state index in [1.807, 2.05) is 19.1 Å². The average Bonchev–Trinajstić information content (AvgIpc) is 3.08. The normalized spacial score (nSPS) is 18.4. The second-order valence-corrected chi connectivity index (χ2v) is 7.96. The number of carbonyl (C=O) groups is 3. The van der Waals surface area contributed by atoms with Crippen LogP contribution in [-0.4, -0.2) is 47.8 Å². The van der Waals surface area contributed by atoms with Crippen LogP contribution in [0, 0.1) is 6.92 Å². The van der Waals surface area contributed by atoms with Gasteiger partial charge in [0.05, 0.1) is 29.4 Å². The number of anilines is 1. The number of nitrogens with one attached hydrogen (secondary N) is 2. The summed E-state index contributed by atoms with van der Waals surface area (Å²) in [7, 11) is 1.43. The first-order valence-corrected chi connectivity index (χ1v) is 10.2. The van der Waals surface area contributed by atoms with Crippen molar-refractivity contribution < 1.29 is 27.6 Å². The molecule has 1 unspecified atom stereocenters. The van der Waals surface area contributed by atoms with Gasteiger partial charge in [0.25, 0.3) is 5.91 Å². The number of alkyl halides is 3. The molecule has 1 atom stereocenters. The van der Waals surface area contributed by atoms with E-state index >= 15 is 0 Å². The number of benzene rings is 2. The van der Waals surface area contributed by atoms with E-state index in [2.05, 4.69) is 10.6 Å². The zero-order chi connectivity index (χ0) is 23.9. The molecule has 0 aromatic heterocycles. The smallest absolute Gasteiger partial charge is 0.326 e. The minimum absolute atomic E-state index is 0.0249. The second-order valence-electron chi connectivity index (χ2n) is 7.96. The van der Waals surface area contributed by atoms with E-state index in [4.69, 9.17) is 0 Å². The van der Waals surface area contributed by atoms with Crippen molar-refractivity contribution in [2.45, 2.75) is 19.1 Å². The van der Waals surface area contributed by atoms with E-state index in [1.165, 1.54) is 35.0 Å². The Morgan fingerprint density at radius 2 is 1.79 bits per heavy atom. The first-order valence-electron chi connectivity index (χ1n) is 10.2. The molecule has 0 bridgehead atoms. The molecule has 7 nitrogen and oxygen atoms in total. The van der Waals surface area contributed by atoms with Gasteiger partial charge in [0.15, 0.2) is 0 Å². The minimum atomic E-state index is -4.67. The molecule has 0 aliphatic carbocycles. The van der Waals surface area contributed by atoms with Gasteiger partial charge < -0.3 is 15.5 Å². The number of aryl methyl sites for hydroxylation is 1. The molecule has 10 heteroatoms. The Kier molecular flexibility index (Phi) is 5.61. The van der Waals surface area contributed by atoms with Crippen molar-refractivity contribution in [3.8, 4) is 0 Å². The van der Waals surface area contributed by atoms with Crippen molar-refractivity contribution in [1.29, 1.82) is 0 Å². The van der Waals surface area contributed by atoms with Crippen LogP contribution in [0.25, 0.3) is 0 Å². The van der Waals surface area contributed by atoms with Crippen molar-refractivity contribution in [3.63, 3.8) is 0 Å². The van der Waals surface area contributed by atoms with Gasteiger partial charge >= 0.3 is 12.2 Å². The predicted molar refractivity (Wildman–Crippen MR) is 114 cm³/mol. The molecule has 0 spiro atoms. The van der Waals surface area contributed by atoms with Gasteiger partial charge in [-0.3, -0.25) is 14.5 Å². The van der Waals surface area contributed by atoms with Gasteiger partial charge in [0, 0.05) is 12.7 Å². The predicted octanol–water partition coefficient (Wildman–Crippen LogP) is 3.44. The van der Waals surface area contributed by atoms with Gasteiger partial charge in [-0.1, -0.05) is 35.9 Å². The summed E-state index contributed by atoms with van der Waals surface area (Å²) in [6.07, 6.45) is -4.67. The highest BCUT2D eigenvalue weighted by molar-refractivity contribution is 6.04. The third-order valence-electron chi connectivity index (χ3n) is 5.68. The first kappa shape index (κ1) is 22.4. The molecule has 33 heavy (non-hydrogen) atoms. The number of hydrogen-bond acceptors (Lipinski definition) is 3. The summed E-state index contributed by atoms with van der Waals surface area (Å²) in [5.41, 5.74) is 0.713. The van der Waals surface area contributed by atoms with Gasteiger partial charge in [0.2, 0.25) is 5.91 Å². The lowest BCUT2D eigenvalue weighted by Gasteiger charge is -2.32. The topological polar surface area (TPSA) is 81.8 Å². The summed E-state index contributed by atoms with van der Waals surface area (Å²) in [4.78, 5) is 40.6. The Bertz CT molecular complexity index is 1160. The van der Waals surface area contributed by atoms with Gasteiger partial charge in [0.1, 0.15) is 6.54 Å². The number of carbonyl (C=O) groups excluding carboxylic acids is 3. The molecule has 172 valence electrons. The first-order chi connectivity index (χ1) is 15.6. The Balaban J connectivity index is 1.61. The van der Waals surface area contributed by atoms with E-state index in [-0.39, 0.29) is 29.9 Å². The monoisotopic (exact) mass is 458 g/mol. The van der Waals surface area contributed by atoms with Crippen LogP contribution in [0.3, 0.4) is 0 Å². The largest absolute Gasteiger partial charge is 0.416 e. The number of rotatable bonds is 4. The van der Waals surface area contributed by atoms with Crippen molar-refractivity contribution in [1.82, 2.24) is 15.1 Å². The minimum Gasteiger partial charge on any atom is -0.326 e. The average molecular weight is 458 g/mol. The molecule has 2 aromatic carbocycles. The van der Waals surface area contributed by atoms with Crippen LogP contribution in [0.4, 0.5) is 23.7 Å². The molecule has 4 amide bonds. The van der Waals surface area contributed by atoms with Crippen molar-refractivity contribution in [2.24, 2.45) is 0 Å². The maximum Gasteiger partial charge on any atom is 0.416 e. The van der Waals surface area contributed by atoms with Crippen molar-refractivity contribution in [3.05, 3.63) is 76.5 Å². The number of nitrogens with zero attached hydrogens (tertiary/aromatic N) is 2. The fourth-order valence-electron chi connectivity index (χ4n) is 4.00. The van der Waals surface area contributed by atoms with Gasteiger partial charge in [-0.25, -0.2) is 4.79 Å². The Morgan fingerprint density at radius 1 is 1.12 bits per heavy atom. The van der Waals surface area contributed by atoms with E-state index in [0.29, 0.717) is 5.69 Å². The zero-order valence-electron chi connectivity index (χ0n) is 17.9. The number of halogens is 3. The summed E-state index contributed by atoms with van der Waals surface area (Å²) in [5, 5.41) is 5.19. The lowest BCUT2D eigenvalue weighted by atomic mass is 9.92. The molecule has 0 saturated heterocycles. The molecule has 2 heterocycles. The fourth-order valence-corrected chi connectivity index (χ4v) is 4.00. The SMILES string of the molecule is Cc1ccc(NC(=O)CN2CC3=C(C2=O)C(c2ccccc2C(F)(F)F)NC(=O)N3C)cc1. The maximum absolute atomic E-state index is 13.6. The van der Waals surface area contributed by atoms with Crippen LogP contribution in [0.1, 0.15) is 22.7 Å². The standard InChI is InChI=1S/C23H21F3N4O3/c1-13-7-9-14(10-8-13)27-18(31)12-30-11-17-19(21(30)32)20(28-22(33)29(17)2)15-5-3-4-6-16(15)23(24,25)26/h3-10,20H,11-12H2,1-2H3,(H,27,31)(H,28,33). The summed E-state index contributed by atoms with van der Waals surface area (Å²) >= 11 is 0. The van der Waals surface area contributed by atoms with Gasteiger partial charge in [-0.2, -0.15) is 13.2 Å². The molecule has 0 radical (unpaired) electrons. The number of hydrogen-bond donors (Lipinski definition) is 2. The lowest BCUT2D eigenvalue weighted by molar-refractivity contribution is -0.138.